The van der Waals surface area contributed by atoms with E-state index in [1.807, 2.05) is 18.2 Å². The Labute approximate surface area is 144 Å². The van der Waals surface area contributed by atoms with Gasteiger partial charge in [0.25, 0.3) is 0 Å². The molecule has 0 N–H and O–H groups in total. The van der Waals surface area contributed by atoms with Gasteiger partial charge in [-0.15, -0.1) is 0 Å². The minimum Gasteiger partial charge on any atom is -0.413 e. The molecule has 0 amide bonds. The SMILES string of the molecule is CCC1=C(C)[C@@H](OP(=O)(Cl)Oc2ccccc2)C(C(C)C)CC1. The van der Waals surface area contributed by atoms with Crippen LogP contribution in [0.25, 0.3) is 0 Å². The van der Waals surface area contributed by atoms with E-state index in [0.29, 0.717) is 17.6 Å². The van der Waals surface area contributed by atoms with E-state index in [1.54, 1.807) is 12.1 Å². The lowest BCUT2D eigenvalue weighted by Gasteiger charge is -2.37. The molecule has 128 valence electrons. The van der Waals surface area contributed by atoms with Crippen molar-refractivity contribution in [3.05, 3.63) is 41.5 Å². The Balaban J connectivity index is 2.20. The van der Waals surface area contributed by atoms with Crippen molar-refractivity contribution in [1.29, 1.82) is 0 Å². The van der Waals surface area contributed by atoms with Crippen molar-refractivity contribution in [2.24, 2.45) is 11.8 Å². The van der Waals surface area contributed by atoms with Crippen LogP contribution >= 0.6 is 18.2 Å². The summed E-state index contributed by atoms with van der Waals surface area (Å²) in [6, 6.07) is 8.93. The van der Waals surface area contributed by atoms with Crippen LogP contribution in [0.5, 0.6) is 5.75 Å². The fourth-order valence-electron chi connectivity index (χ4n) is 3.27. The van der Waals surface area contributed by atoms with Gasteiger partial charge >= 0.3 is 6.95 Å². The van der Waals surface area contributed by atoms with Crippen molar-refractivity contribution in [1.82, 2.24) is 0 Å². The van der Waals surface area contributed by atoms with Gasteiger partial charge in [0.2, 0.25) is 0 Å². The van der Waals surface area contributed by atoms with E-state index in [9.17, 15) is 4.57 Å². The van der Waals surface area contributed by atoms with E-state index in [0.717, 1.165) is 24.8 Å². The average molecular weight is 357 g/mol. The Morgan fingerprint density at radius 3 is 2.52 bits per heavy atom. The first kappa shape index (κ1) is 18.6. The Morgan fingerprint density at radius 2 is 1.96 bits per heavy atom. The average Bonchev–Trinajstić information content (AvgIpc) is 2.49. The molecule has 0 radical (unpaired) electrons. The molecule has 0 aromatic heterocycles. The summed E-state index contributed by atoms with van der Waals surface area (Å²) in [7, 11) is 0. The van der Waals surface area contributed by atoms with Crippen molar-refractivity contribution in [2.75, 3.05) is 0 Å². The monoisotopic (exact) mass is 356 g/mol. The first-order valence-electron chi connectivity index (χ1n) is 8.25. The molecule has 1 aliphatic rings. The van der Waals surface area contributed by atoms with Crippen LogP contribution in [0.4, 0.5) is 0 Å². The van der Waals surface area contributed by atoms with Crippen LogP contribution in [-0.4, -0.2) is 6.10 Å². The summed E-state index contributed by atoms with van der Waals surface area (Å²) in [6.07, 6.45) is 2.86. The third-order valence-electron chi connectivity index (χ3n) is 4.63. The number of benzene rings is 1. The first-order valence-corrected chi connectivity index (χ1v) is 10.7. The summed E-state index contributed by atoms with van der Waals surface area (Å²) in [5.74, 6) is 1.19. The lowest BCUT2D eigenvalue weighted by molar-refractivity contribution is 0.111. The quantitative estimate of drug-likeness (QED) is 0.426. The molecule has 2 rings (SSSR count). The molecule has 0 fully saturated rings. The van der Waals surface area contributed by atoms with Gasteiger partial charge in [-0.2, -0.15) is 0 Å². The standard InChI is InChI=1S/C18H26ClO3P/c1-5-15-11-12-17(13(2)3)18(14(15)4)22-23(19,20)21-16-9-7-6-8-10-16/h6-10,13,17-18H,5,11-12H2,1-4H3/t17?,18-,23?/m1/s1. The highest BCUT2D eigenvalue weighted by atomic mass is 35.7. The maximum atomic E-state index is 12.7. The second kappa shape index (κ2) is 7.88. The minimum absolute atomic E-state index is 0.245. The van der Waals surface area contributed by atoms with Gasteiger partial charge < -0.3 is 4.52 Å². The third-order valence-corrected chi connectivity index (χ3v) is 5.99. The van der Waals surface area contributed by atoms with Crippen LogP contribution < -0.4 is 4.52 Å². The van der Waals surface area contributed by atoms with Crippen molar-refractivity contribution < 1.29 is 13.6 Å². The van der Waals surface area contributed by atoms with Gasteiger partial charge in [0, 0.05) is 11.2 Å². The van der Waals surface area contributed by atoms with E-state index in [1.165, 1.54) is 5.57 Å². The highest BCUT2D eigenvalue weighted by Gasteiger charge is 2.38. The van der Waals surface area contributed by atoms with Crippen molar-refractivity contribution in [2.45, 2.75) is 53.1 Å². The highest BCUT2D eigenvalue weighted by molar-refractivity contribution is 7.81. The summed E-state index contributed by atoms with van der Waals surface area (Å²) in [4.78, 5) is 0. The molecule has 1 aromatic rings. The van der Waals surface area contributed by atoms with E-state index in [-0.39, 0.29) is 6.10 Å². The molecular formula is C18H26ClO3P. The fraction of sp³-hybridized carbons (Fsp3) is 0.556. The third kappa shape index (κ3) is 4.86. The van der Waals surface area contributed by atoms with E-state index in [2.05, 4.69) is 27.7 Å². The lowest BCUT2D eigenvalue weighted by atomic mass is 9.76. The number of hydrogen-bond donors (Lipinski definition) is 0. The minimum atomic E-state index is -3.70. The molecule has 0 saturated heterocycles. The zero-order valence-electron chi connectivity index (χ0n) is 14.3. The predicted molar refractivity (Wildman–Crippen MR) is 96.0 cm³/mol. The Hall–Kier alpha value is -0.760. The summed E-state index contributed by atoms with van der Waals surface area (Å²) in [5.41, 5.74) is 2.54. The van der Waals surface area contributed by atoms with Crippen LogP contribution in [0.2, 0.25) is 0 Å². The summed E-state index contributed by atoms with van der Waals surface area (Å²) < 4.78 is 23.9. The Morgan fingerprint density at radius 1 is 1.30 bits per heavy atom. The maximum absolute atomic E-state index is 12.7. The number of halogens is 1. The topological polar surface area (TPSA) is 35.5 Å². The Kier molecular flexibility index (Phi) is 6.36. The van der Waals surface area contributed by atoms with Gasteiger partial charge in [-0.05, 0) is 55.7 Å². The van der Waals surface area contributed by atoms with Crippen LogP contribution in [0, 0.1) is 11.8 Å². The molecular weight excluding hydrogens is 331 g/mol. The van der Waals surface area contributed by atoms with E-state index >= 15 is 0 Å². The van der Waals surface area contributed by atoms with Crippen LogP contribution in [0.3, 0.4) is 0 Å². The van der Waals surface area contributed by atoms with Gasteiger partial charge in [-0.25, -0.2) is 4.57 Å². The zero-order valence-corrected chi connectivity index (χ0v) is 15.9. The number of rotatable bonds is 6. The summed E-state index contributed by atoms with van der Waals surface area (Å²) >= 11 is 6.12. The van der Waals surface area contributed by atoms with Crippen LogP contribution in [0.1, 0.15) is 47.0 Å². The molecule has 1 aromatic carbocycles. The van der Waals surface area contributed by atoms with E-state index < -0.39 is 6.95 Å². The van der Waals surface area contributed by atoms with Crippen LogP contribution in [0.15, 0.2) is 41.5 Å². The smallest absolute Gasteiger partial charge is 0.413 e. The molecule has 1 aliphatic carbocycles. The molecule has 0 spiro atoms. The molecule has 3 atom stereocenters. The maximum Gasteiger partial charge on any atom is 0.477 e. The molecule has 0 bridgehead atoms. The van der Waals surface area contributed by atoms with Gasteiger partial charge in [0.1, 0.15) is 5.75 Å². The molecule has 0 saturated carbocycles. The molecule has 0 heterocycles. The van der Waals surface area contributed by atoms with E-state index in [4.69, 9.17) is 20.3 Å². The molecule has 3 nitrogen and oxygen atoms in total. The lowest BCUT2D eigenvalue weighted by Crippen LogP contribution is -2.32. The molecule has 5 heteroatoms. The summed E-state index contributed by atoms with van der Waals surface area (Å²) in [5, 5.41) is 0. The predicted octanol–water partition coefficient (Wildman–Crippen LogP) is 6.59. The highest BCUT2D eigenvalue weighted by Crippen LogP contribution is 2.57. The zero-order chi connectivity index (χ0) is 17.0. The van der Waals surface area contributed by atoms with Gasteiger partial charge in [-0.3, -0.25) is 4.52 Å². The normalized spacial score (nSPS) is 24.6. The number of allylic oxidation sites excluding steroid dienone is 1. The van der Waals surface area contributed by atoms with Crippen molar-refractivity contribution >= 4 is 18.2 Å². The first-order chi connectivity index (χ1) is 10.8. The molecule has 2 unspecified atom stereocenters. The molecule has 0 aliphatic heterocycles. The number of para-hydroxylation sites is 1. The second-order valence-corrected chi connectivity index (χ2v) is 8.94. The fourth-order valence-corrected chi connectivity index (χ4v) is 4.77. The van der Waals surface area contributed by atoms with Crippen LogP contribution in [-0.2, 0) is 9.09 Å². The van der Waals surface area contributed by atoms with Crippen molar-refractivity contribution in [3.8, 4) is 5.75 Å². The van der Waals surface area contributed by atoms with Crippen molar-refractivity contribution in [3.63, 3.8) is 0 Å². The Bertz CT molecular complexity index is 598. The molecule has 23 heavy (non-hydrogen) atoms. The van der Waals surface area contributed by atoms with Gasteiger partial charge in [-0.1, -0.05) is 44.5 Å². The second-order valence-electron chi connectivity index (χ2n) is 6.45. The summed E-state index contributed by atoms with van der Waals surface area (Å²) in [6.45, 7) is 4.85. The number of hydrogen-bond acceptors (Lipinski definition) is 3. The largest absolute Gasteiger partial charge is 0.477 e. The van der Waals surface area contributed by atoms with Gasteiger partial charge in [0.05, 0.1) is 6.10 Å². The van der Waals surface area contributed by atoms with Gasteiger partial charge in [0.15, 0.2) is 0 Å².